The third kappa shape index (κ3) is 6.97. The second kappa shape index (κ2) is 12.1. The minimum absolute atomic E-state index is 0.101. The van der Waals surface area contributed by atoms with E-state index in [1.807, 2.05) is 42.5 Å². The smallest absolute Gasteiger partial charge is 0.255 e. The highest BCUT2D eigenvalue weighted by Gasteiger charge is 2.23. The number of ether oxygens (including phenoxy) is 2. The van der Waals surface area contributed by atoms with E-state index in [9.17, 15) is 4.79 Å². The van der Waals surface area contributed by atoms with Crippen molar-refractivity contribution in [3.63, 3.8) is 0 Å². The maximum atomic E-state index is 13.0. The van der Waals surface area contributed by atoms with Crippen molar-refractivity contribution in [2.24, 2.45) is 11.8 Å². The maximum absolute atomic E-state index is 13.0. The molecule has 0 radical (unpaired) electrons. The zero-order valence-corrected chi connectivity index (χ0v) is 19.9. The molecule has 0 unspecified atom stereocenters. The van der Waals surface area contributed by atoms with E-state index in [4.69, 9.17) is 9.47 Å². The molecule has 1 saturated heterocycles. The summed E-state index contributed by atoms with van der Waals surface area (Å²) in [5.41, 5.74) is 1.59. The van der Waals surface area contributed by atoms with Gasteiger partial charge in [0.2, 0.25) is 0 Å². The summed E-state index contributed by atoms with van der Waals surface area (Å²) in [7, 11) is 1.61. The minimum Gasteiger partial charge on any atom is -0.497 e. The molecule has 1 saturated carbocycles. The molecule has 0 bridgehead atoms. The maximum Gasteiger partial charge on any atom is 0.255 e. The van der Waals surface area contributed by atoms with Gasteiger partial charge in [-0.1, -0.05) is 43.2 Å². The van der Waals surface area contributed by atoms with Gasteiger partial charge in [0.15, 0.2) is 0 Å². The van der Waals surface area contributed by atoms with Crippen LogP contribution in [0.15, 0.2) is 48.5 Å². The number of amides is 1. The molecule has 4 rings (SSSR count). The van der Waals surface area contributed by atoms with Gasteiger partial charge in [0.25, 0.3) is 5.91 Å². The van der Waals surface area contributed by atoms with Gasteiger partial charge in [0.05, 0.1) is 12.7 Å². The average molecular weight is 451 g/mol. The third-order valence-electron chi connectivity index (χ3n) is 7.20. The Morgan fingerprint density at radius 1 is 1.00 bits per heavy atom. The van der Waals surface area contributed by atoms with E-state index in [2.05, 4.69) is 10.2 Å². The number of hydrogen-bond donors (Lipinski definition) is 1. The van der Waals surface area contributed by atoms with Gasteiger partial charge in [0, 0.05) is 13.1 Å². The number of rotatable bonds is 10. The van der Waals surface area contributed by atoms with Crippen LogP contribution in [0.1, 0.15) is 60.9 Å². The number of piperidine rings is 1. The summed E-state index contributed by atoms with van der Waals surface area (Å²) < 4.78 is 11.3. The first kappa shape index (κ1) is 23.6. The lowest BCUT2D eigenvalue weighted by atomic mass is 9.92. The molecule has 5 heteroatoms. The van der Waals surface area contributed by atoms with Crippen molar-refractivity contribution in [3.05, 3.63) is 59.7 Å². The molecule has 1 heterocycles. The second-order valence-electron chi connectivity index (χ2n) is 9.58. The van der Waals surface area contributed by atoms with Crippen molar-refractivity contribution in [1.82, 2.24) is 10.2 Å². The van der Waals surface area contributed by atoms with Crippen LogP contribution in [0.4, 0.5) is 0 Å². The first-order valence-electron chi connectivity index (χ1n) is 12.6. The van der Waals surface area contributed by atoms with Crippen molar-refractivity contribution in [3.8, 4) is 11.5 Å². The zero-order valence-electron chi connectivity index (χ0n) is 19.9. The van der Waals surface area contributed by atoms with Crippen LogP contribution in [0.25, 0.3) is 0 Å². The van der Waals surface area contributed by atoms with Crippen LogP contribution in [-0.4, -0.2) is 44.1 Å². The Kier molecular flexibility index (Phi) is 8.65. The Balaban J connectivity index is 1.24. The highest BCUT2D eigenvalue weighted by atomic mass is 16.5. The molecule has 1 aliphatic carbocycles. The van der Waals surface area contributed by atoms with Gasteiger partial charge in [-0.3, -0.25) is 4.79 Å². The monoisotopic (exact) mass is 450 g/mol. The summed E-state index contributed by atoms with van der Waals surface area (Å²) in [4.78, 5) is 15.6. The number of carbonyl (C=O) groups is 1. The SMILES string of the molecule is COc1ccc(OCc2ccccc2)c(C(=O)NCCC2CCN(CC3CCCC3)CC2)c1. The highest BCUT2D eigenvalue weighted by molar-refractivity contribution is 5.97. The molecule has 1 aliphatic heterocycles. The summed E-state index contributed by atoms with van der Waals surface area (Å²) >= 11 is 0. The summed E-state index contributed by atoms with van der Waals surface area (Å²) in [6.07, 6.45) is 9.22. The van der Waals surface area contributed by atoms with Crippen LogP contribution in [0.3, 0.4) is 0 Å². The quantitative estimate of drug-likeness (QED) is 0.534. The van der Waals surface area contributed by atoms with Crippen LogP contribution in [0.2, 0.25) is 0 Å². The van der Waals surface area contributed by atoms with Gasteiger partial charge in [-0.15, -0.1) is 0 Å². The fraction of sp³-hybridized carbons (Fsp3) is 0.536. The van der Waals surface area contributed by atoms with Gasteiger partial charge < -0.3 is 19.7 Å². The number of nitrogens with one attached hydrogen (secondary N) is 1. The Labute approximate surface area is 198 Å². The molecule has 33 heavy (non-hydrogen) atoms. The molecule has 0 spiro atoms. The molecule has 2 aliphatic rings. The molecule has 0 atom stereocenters. The van der Waals surface area contributed by atoms with Gasteiger partial charge in [0.1, 0.15) is 18.1 Å². The topological polar surface area (TPSA) is 50.8 Å². The van der Waals surface area contributed by atoms with Crippen LogP contribution < -0.4 is 14.8 Å². The minimum atomic E-state index is -0.101. The molecule has 2 aromatic rings. The number of likely N-dealkylation sites (tertiary alicyclic amines) is 1. The first-order chi connectivity index (χ1) is 16.2. The normalized spacial score (nSPS) is 17.7. The van der Waals surface area contributed by atoms with Gasteiger partial charge in [-0.05, 0) is 80.8 Å². The van der Waals surface area contributed by atoms with Gasteiger partial charge >= 0.3 is 0 Å². The Bertz CT molecular complexity index is 872. The number of nitrogens with zero attached hydrogens (tertiary/aromatic N) is 1. The molecule has 178 valence electrons. The third-order valence-corrected chi connectivity index (χ3v) is 7.20. The van der Waals surface area contributed by atoms with Crippen LogP contribution in [0, 0.1) is 11.8 Å². The predicted molar refractivity (Wildman–Crippen MR) is 132 cm³/mol. The Morgan fingerprint density at radius 3 is 2.48 bits per heavy atom. The summed E-state index contributed by atoms with van der Waals surface area (Å²) in [5.74, 6) is 2.76. The van der Waals surface area contributed by atoms with Crippen LogP contribution in [0.5, 0.6) is 11.5 Å². The second-order valence-corrected chi connectivity index (χ2v) is 9.58. The van der Waals surface area contributed by atoms with E-state index in [1.165, 1.54) is 58.2 Å². The average Bonchev–Trinajstić information content (AvgIpc) is 3.37. The molecular formula is C28H38N2O3. The molecular weight excluding hydrogens is 412 g/mol. The molecule has 1 N–H and O–H groups in total. The molecule has 2 aromatic carbocycles. The summed E-state index contributed by atoms with van der Waals surface area (Å²) in [6.45, 7) is 4.84. The fourth-order valence-electron chi connectivity index (χ4n) is 5.18. The van der Waals surface area contributed by atoms with Gasteiger partial charge in [-0.25, -0.2) is 0 Å². The Morgan fingerprint density at radius 2 is 1.76 bits per heavy atom. The van der Waals surface area contributed by atoms with Crippen LogP contribution >= 0.6 is 0 Å². The standard InChI is InChI=1S/C28H38N2O3/c1-32-25-11-12-27(33-21-24-9-3-2-4-10-24)26(19-25)28(31)29-16-13-22-14-17-30(18-15-22)20-23-7-5-6-8-23/h2-4,9-12,19,22-23H,5-8,13-18,20-21H2,1H3,(H,29,31). The van der Waals surface area contributed by atoms with Crippen molar-refractivity contribution < 1.29 is 14.3 Å². The lowest BCUT2D eigenvalue weighted by Gasteiger charge is -2.33. The van der Waals surface area contributed by atoms with Crippen molar-refractivity contribution in [1.29, 1.82) is 0 Å². The number of methoxy groups -OCH3 is 1. The number of carbonyl (C=O) groups excluding carboxylic acids is 1. The summed E-state index contributed by atoms with van der Waals surface area (Å²) in [5, 5.41) is 3.12. The van der Waals surface area contributed by atoms with E-state index in [1.54, 1.807) is 13.2 Å². The molecule has 0 aromatic heterocycles. The van der Waals surface area contributed by atoms with E-state index >= 15 is 0 Å². The van der Waals surface area contributed by atoms with Gasteiger partial charge in [-0.2, -0.15) is 0 Å². The molecule has 5 nitrogen and oxygen atoms in total. The zero-order chi connectivity index (χ0) is 22.9. The largest absolute Gasteiger partial charge is 0.497 e. The lowest BCUT2D eigenvalue weighted by molar-refractivity contribution is 0.0942. The van der Waals surface area contributed by atoms with Crippen molar-refractivity contribution >= 4 is 5.91 Å². The van der Waals surface area contributed by atoms with E-state index in [0.29, 0.717) is 36.1 Å². The molecule has 1 amide bonds. The van der Waals surface area contributed by atoms with E-state index in [0.717, 1.165) is 17.9 Å². The first-order valence-corrected chi connectivity index (χ1v) is 12.6. The highest BCUT2D eigenvalue weighted by Crippen LogP contribution is 2.28. The van der Waals surface area contributed by atoms with Crippen molar-refractivity contribution in [2.45, 2.75) is 51.6 Å². The Hall–Kier alpha value is -2.53. The summed E-state index contributed by atoms with van der Waals surface area (Å²) in [6, 6.07) is 15.4. The van der Waals surface area contributed by atoms with Crippen LogP contribution in [-0.2, 0) is 6.61 Å². The molecule has 2 fully saturated rings. The lowest BCUT2D eigenvalue weighted by Crippen LogP contribution is -2.37. The van der Waals surface area contributed by atoms with E-state index < -0.39 is 0 Å². The number of hydrogen-bond acceptors (Lipinski definition) is 4. The number of benzene rings is 2. The van der Waals surface area contributed by atoms with Crippen molar-refractivity contribution in [2.75, 3.05) is 33.3 Å². The fourth-order valence-corrected chi connectivity index (χ4v) is 5.18. The van der Waals surface area contributed by atoms with E-state index in [-0.39, 0.29) is 5.91 Å². The predicted octanol–water partition coefficient (Wildman–Crippen LogP) is 5.30.